The molecule has 2 rings (SSSR count). The SMILES string of the molecule is CC(NC(=O)CN(C)CC1CCCCN1)c1cccs1. The summed E-state index contributed by atoms with van der Waals surface area (Å²) in [5.41, 5.74) is 0. The van der Waals surface area contributed by atoms with Crippen LogP contribution >= 0.6 is 11.3 Å². The highest BCUT2D eigenvalue weighted by Crippen LogP contribution is 2.17. The molecule has 4 nitrogen and oxygen atoms in total. The Morgan fingerprint density at radius 1 is 1.60 bits per heavy atom. The first-order chi connectivity index (χ1) is 9.65. The second kappa shape index (κ2) is 7.76. The summed E-state index contributed by atoms with van der Waals surface area (Å²) >= 11 is 1.68. The summed E-state index contributed by atoms with van der Waals surface area (Å²) in [4.78, 5) is 15.3. The van der Waals surface area contributed by atoms with E-state index in [9.17, 15) is 4.79 Å². The zero-order valence-electron chi connectivity index (χ0n) is 12.4. The molecule has 0 spiro atoms. The highest BCUT2D eigenvalue weighted by molar-refractivity contribution is 7.10. The number of amides is 1. The van der Waals surface area contributed by atoms with Gasteiger partial charge in [0.05, 0.1) is 12.6 Å². The molecule has 1 aromatic heterocycles. The van der Waals surface area contributed by atoms with E-state index in [2.05, 4.69) is 21.6 Å². The summed E-state index contributed by atoms with van der Waals surface area (Å²) in [6.45, 7) is 4.56. The van der Waals surface area contributed by atoms with Crippen LogP contribution in [-0.4, -0.2) is 43.5 Å². The van der Waals surface area contributed by atoms with Crippen LogP contribution in [0.4, 0.5) is 0 Å². The van der Waals surface area contributed by atoms with Gasteiger partial charge in [-0.1, -0.05) is 12.5 Å². The molecule has 2 atom stereocenters. The number of hydrogen-bond acceptors (Lipinski definition) is 4. The Labute approximate surface area is 125 Å². The lowest BCUT2D eigenvalue weighted by Gasteiger charge is -2.28. The Morgan fingerprint density at radius 3 is 3.10 bits per heavy atom. The monoisotopic (exact) mass is 295 g/mol. The largest absolute Gasteiger partial charge is 0.348 e. The van der Waals surface area contributed by atoms with Gasteiger partial charge in [0.2, 0.25) is 5.91 Å². The van der Waals surface area contributed by atoms with Crippen molar-refractivity contribution < 1.29 is 4.79 Å². The summed E-state index contributed by atoms with van der Waals surface area (Å²) in [6.07, 6.45) is 3.80. The van der Waals surface area contributed by atoms with Crippen molar-refractivity contribution in [2.45, 2.75) is 38.3 Å². The second-order valence-electron chi connectivity index (χ2n) is 5.65. The molecule has 20 heavy (non-hydrogen) atoms. The minimum Gasteiger partial charge on any atom is -0.348 e. The molecule has 5 heteroatoms. The van der Waals surface area contributed by atoms with Crippen molar-refractivity contribution in [1.82, 2.24) is 15.5 Å². The Bertz CT molecular complexity index is 401. The molecule has 0 bridgehead atoms. The number of carbonyl (C=O) groups excluding carboxylic acids is 1. The van der Waals surface area contributed by atoms with Gasteiger partial charge in [-0.2, -0.15) is 0 Å². The molecule has 2 unspecified atom stereocenters. The predicted molar refractivity (Wildman–Crippen MR) is 84.0 cm³/mol. The van der Waals surface area contributed by atoms with E-state index in [0.717, 1.165) is 13.1 Å². The van der Waals surface area contributed by atoms with Crippen LogP contribution in [0.1, 0.15) is 37.1 Å². The number of hydrogen-bond donors (Lipinski definition) is 2. The molecule has 112 valence electrons. The molecule has 2 heterocycles. The normalized spacial score (nSPS) is 20.9. The van der Waals surface area contributed by atoms with Crippen LogP contribution in [-0.2, 0) is 4.79 Å². The first kappa shape index (κ1) is 15.5. The number of piperidine rings is 1. The lowest BCUT2D eigenvalue weighted by atomic mass is 10.0. The summed E-state index contributed by atoms with van der Waals surface area (Å²) in [6, 6.07) is 4.72. The minimum atomic E-state index is 0.101. The Morgan fingerprint density at radius 2 is 2.45 bits per heavy atom. The number of thiophene rings is 1. The van der Waals surface area contributed by atoms with Gasteiger partial charge < -0.3 is 10.6 Å². The van der Waals surface area contributed by atoms with Gasteiger partial charge in [0, 0.05) is 17.5 Å². The molecule has 1 fully saturated rings. The van der Waals surface area contributed by atoms with Crippen LogP contribution in [0.5, 0.6) is 0 Å². The van der Waals surface area contributed by atoms with Gasteiger partial charge in [-0.25, -0.2) is 0 Å². The number of nitrogens with one attached hydrogen (secondary N) is 2. The van der Waals surface area contributed by atoms with Crippen LogP contribution < -0.4 is 10.6 Å². The molecular weight excluding hydrogens is 270 g/mol. The lowest BCUT2D eigenvalue weighted by molar-refractivity contribution is -0.122. The maximum absolute atomic E-state index is 12.0. The molecule has 1 aliphatic rings. The van der Waals surface area contributed by atoms with E-state index in [1.165, 1.54) is 24.1 Å². The third kappa shape index (κ3) is 4.89. The zero-order chi connectivity index (χ0) is 14.4. The van der Waals surface area contributed by atoms with Gasteiger partial charge in [-0.15, -0.1) is 11.3 Å². The van der Waals surface area contributed by atoms with Crippen LogP contribution in [0, 0.1) is 0 Å². The van der Waals surface area contributed by atoms with Gasteiger partial charge >= 0.3 is 0 Å². The summed E-state index contributed by atoms with van der Waals surface area (Å²) in [5.74, 6) is 0.101. The first-order valence-electron chi connectivity index (χ1n) is 7.40. The molecule has 0 aliphatic carbocycles. The average molecular weight is 295 g/mol. The first-order valence-corrected chi connectivity index (χ1v) is 8.28. The third-order valence-corrected chi connectivity index (χ3v) is 4.76. The molecule has 0 aromatic carbocycles. The molecule has 1 aromatic rings. The molecule has 2 N–H and O–H groups in total. The lowest BCUT2D eigenvalue weighted by Crippen LogP contribution is -2.45. The Hall–Kier alpha value is -0.910. The summed E-state index contributed by atoms with van der Waals surface area (Å²) in [5, 5.41) is 8.62. The van der Waals surface area contributed by atoms with Crippen molar-refractivity contribution in [3.05, 3.63) is 22.4 Å². The molecule has 1 amide bonds. The smallest absolute Gasteiger partial charge is 0.234 e. The number of carbonyl (C=O) groups is 1. The quantitative estimate of drug-likeness (QED) is 0.844. The van der Waals surface area contributed by atoms with E-state index in [1.54, 1.807) is 11.3 Å². The van der Waals surface area contributed by atoms with Gasteiger partial charge in [0.1, 0.15) is 0 Å². The summed E-state index contributed by atoms with van der Waals surface area (Å²) in [7, 11) is 2.02. The average Bonchev–Trinajstić information content (AvgIpc) is 2.93. The van der Waals surface area contributed by atoms with Crippen molar-refractivity contribution in [3.63, 3.8) is 0 Å². The standard InChI is InChI=1S/C15H25N3OS/c1-12(14-7-5-9-20-14)17-15(19)11-18(2)10-13-6-3-4-8-16-13/h5,7,9,12-13,16H,3-4,6,8,10-11H2,1-2H3,(H,17,19). The van der Waals surface area contributed by atoms with Crippen molar-refractivity contribution in [3.8, 4) is 0 Å². The summed E-state index contributed by atoms with van der Waals surface area (Å²) < 4.78 is 0. The fourth-order valence-electron chi connectivity index (χ4n) is 2.66. The Balaban J connectivity index is 1.70. The van der Waals surface area contributed by atoms with E-state index in [1.807, 2.05) is 25.4 Å². The zero-order valence-corrected chi connectivity index (χ0v) is 13.2. The van der Waals surface area contributed by atoms with E-state index in [-0.39, 0.29) is 11.9 Å². The van der Waals surface area contributed by atoms with Crippen molar-refractivity contribution >= 4 is 17.2 Å². The van der Waals surface area contributed by atoms with E-state index < -0.39 is 0 Å². The fourth-order valence-corrected chi connectivity index (χ4v) is 3.40. The van der Waals surface area contributed by atoms with Crippen LogP contribution in [0.15, 0.2) is 17.5 Å². The van der Waals surface area contributed by atoms with Crippen LogP contribution in [0.25, 0.3) is 0 Å². The second-order valence-corrected chi connectivity index (χ2v) is 6.63. The van der Waals surface area contributed by atoms with E-state index >= 15 is 0 Å². The van der Waals surface area contributed by atoms with Crippen LogP contribution in [0.3, 0.4) is 0 Å². The minimum absolute atomic E-state index is 0.101. The topological polar surface area (TPSA) is 44.4 Å². The maximum atomic E-state index is 12.0. The third-order valence-electron chi connectivity index (χ3n) is 3.71. The van der Waals surface area contributed by atoms with Crippen LogP contribution in [0.2, 0.25) is 0 Å². The number of rotatable bonds is 6. The maximum Gasteiger partial charge on any atom is 0.234 e. The van der Waals surface area contributed by atoms with Crippen molar-refractivity contribution in [2.75, 3.05) is 26.7 Å². The fraction of sp³-hybridized carbons (Fsp3) is 0.667. The van der Waals surface area contributed by atoms with Crippen molar-refractivity contribution in [1.29, 1.82) is 0 Å². The van der Waals surface area contributed by atoms with Gasteiger partial charge in [-0.05, 0) is 44.8 Å². The number of nitrogens with zero attached hydrogens (tertiary/aromatic N) is 1. The molecule has 1 saturated heterocycles. The Kier molecular flexibility index (Phi) is 6.01. The highest BCUT2D eigenvalue weighted by Gasteiger charge is 2.17. The molecule has 0 radical (unpaired) electrons. The molecule has 1 aliphatic heterocycles. The van der Waals surface area contributed by atoms with E-state index in [4.69, 9.17) is 0 Å². The van der Waals surface area contributed by atoms with Gasteiger partial charge in [0.25, 0.3) is 0 Å². The highest BCUT2D eigenvalue weighted by atomic mass is 32.1. The van der Waals surface area contributed by atoms with Gasteiger partial charge in [-0.3, -0.25) is 9.69 Å². The van der Waals surface area contributed by atoms with Gasteiger partial charge in [0.15, 0.2) is 0 Å². The molecule has 0 saturated carbocycles. The predicted octanol–water partition coefficient (Wildman–Crippen LogP) is 2.00. The van der Waals surface area contributed by atoms with E-state index in [0.29, 0.717) is 12.6 Å². The number of likely N-dealkylation sites (N-methyl/N-ethyl adjacent to an activating group) is 1. The molecular formula is C15H25N3OS. The van der Waals surface area contributed by atoms with Crippen molar-refractivity contribution in [2.24, 2.45) is 0 Å².